The van der Waals surface area contributed by atoms with Gasteiger partial charge in [0.2, 0.25) is 11.8 Å². The number of hydrogen-bond acceptors (Lipinski definition) is 5. The monoisotopic (exact) mass is 406 g/mol. The molecule has 1 saturated heterocycles. The van der Waals surface area contributed by atoms with Gasteiger partial charge in [0.15, 0.2) is 5.96 Å². The van der Waals surface area contributed by atoms with Gasteiger partial charge in [0.25, 0.3) is 0 Å². The Morgan fingerprint density at radius 3 is 2.59 bits per heavy atom. The van der Waals surface area contributed by atoms with E-state index in [2.05, 4.69) is 65.4 Å². The van der Waals surface area contributed by atoms with Gasteiger partial charge in [-0.15, -0.1) is 0 Å². The van der Waals surface area contributed by atoms with Gasteiger partial charge >= 0.3 is 0 Å². The molecule has 3 N–H and O–H groups in total. The fourth-order valence-corrected chi connectivity index (χ4v) is 3.15. The lowest BCUT2D eigenvalue weighted by molar-refractivity contribution is -0.122. The molecule has 0 unspecified atom stereocenters. The predicted octanol–water partition coefficient (Wildman–Crippen LogP) is 2.02. The van der Waals surface area contributed by atoms with E-state index in [9.17, 15) is 4.79 Å². The van der Waals surface area contributed by atoms with Gasteiger partial charge in [-0.05, 0) is 26.2 Å². The van der Waals surface area contributed by atoms with Crippen LogP contribution in [0, 0.1) is 0 Å². The molecule has 2 rings (SSSR count). The minimum absolute atomic E-state index is 0.0564. The van der Waals surface area contributed by atoms with Crippen molar-refractivity contribution in [3.8, 4) is 0 Å². The van der Waals surface area contributed by atoms with E-state index in [0.717, 1.165) is 57.2 Å². The fourth-order valence-electron chi connectivity index (χ4n) is 3.15. The van der Waals surface area contributed by atoms with Crippen LogP contribution in [0.25, 0.3) is 0 Å². The van der Waals surface area contributed by atoms with Gasteiger partial charge in [-0.25, -0.2) is 9.98 Å². The number of oxazole rings is 1. The molecule has 0 aromatic carbocycles. The number of carbonyl (C=O) groups excluding carboxylic acids is 1. The third kappa shape index (κ3) is 8.04. The third-order valence-corrected chi connectivity index (χ3v) is 4.88. The Bertz CT molecular complexity index is 656. The molecule has 29 heavy (non-hydrogen) atoms. The third-order valence-electron chi connectivity index (χ3n) is 4.88. The molecule has 0 spiro atoms. The first kappa shape index (κ1) is 23.2. The maximum Gasteiger partial charge on any atom is 0.234 e. The lowest BCUT2D eigenvalue weighted by Crippen LogP contribution is -2.50. The highest BCUT2D eigenvalue weighted by atomic mass is 16.4. The van der Waals surface area contributed by atoms with Crippen molar-refractivity contribution in [2.75, 3.05) is 32.7 Å². The largest absolute Gasteiger partial charge is 0.443 e. The van der Waals surface area contributed by atoms with Crippen molar-refractivity contribution in [2.45, 2.75) is 71.9 Å². The van der Waals surface area contributed by atoms with Gasteiger partial charge in [-0.1, -0.05) is 27.7 Å². The molecule has 164 valence electrons. The number of guanidine groups is 1. The number of aromatic nitrogens is 1. The smallest absolute Gasteiger partial charge is 0.234 e. The van der Waals surface area contributed by atoms with Crippen molar-refractivity contribution in [2.24, 2.45) is 4.99 Å². The molecule has 1 aliphatic rings. The summed E-state index contributed by atoms with van der Waals surface area (Å²) in [6, 6.07) is 0.345. The van der Waals surface area contributed by atoms with E-state index in [0.29, 0.717) is 25.0 Å². The minimum Gasteiger partial charge on any atom is -0.443 e. The van der Waals surface area contributed by atoms with Crippen molar-refractivity contribution in [1.29, 1.82) is 0 Å². The minimum atomic E-state index is -0.0564. The topological polar surface area (TPSA) is 94.8 Å². The first-order chi connectivity index (χ1) is 13.8. The van der Waals surface area contributed by atoms with E-state index in [4.69, 9.17) is 4.42 Å². The first-order valence-electron chi connectivity index (χ1n) is 10.8. The van der Waals surface area contributed by atoms with Gasteiger partial charge in [0.1, 0.15) is 12.3 Å². The summed E-state index contributed by atoms with van der Waals surface area (Å²) in [4.78, 5) is 23.1. The lowest BCUT2D eigenvalue weighted by Gasteiger charge is -2.32. The second kappa shape index (κ2) is 11.2. The highest BCUT2D eigenvalue weighted by Crippen LogP contribution is 2.22. The van der Waals surface area contributed by atoms with E-state index in [1.807, 2.05) is 0 Å². The molecule has 0 bridgehead atoms. The zero-order valence-electron chi connectivity index (χ0n) is 18.7. The Kier molecular flexibility index (Phi) is 8.95. The number of aliphatic imine (C=N–C) groups is 1. The average molecular weight is 407 g/mol. The molecule has 1 aromatic heterocycles. The standard InChI is InChI=1S/C21H38N6O2/c1-6-10-23-18(28)15-27-11-8-16(9-12-27)26-20(22-7-2)25-14-19-24-13-17(29-19)21(3,4)5/h13,16H,6-12,14-15H2,1-5H3,(H,23,28)(H2,22,25,26). The maximum atomic E-state index is 11.9. The van der Waals surface area contributed by atoms with Crippen LogP contribution < -0.4 is 16.0 Å². The van der Waals surface area contributed by atoms with Gasteiger partial charge in [0.05, 0.1) is 12.7 Å². The van der Waals surface area contributed by atoms with Crippen LogP contribution in [0.15, 0.2) is 15.6 Å². The van der Waals surface area contributed by atoms with Gasteiger partial charge in [-0.2, -0.15) is 0 Å². The normalized spacial score (nSPS) is 16.7. The van der Waals surface area contributed by atoms with Gasteiger partial charge in [0, 0.05) is 37.6 Å². The maximum absolute atomic E-state index is 11.9. The van der Waals surface area contributed by atoms with Crippen molar-refractivity contribution >= 4 is 11.9 Å². The van der Waals surface area contributed by atoms with Crippen molar-refractivity contribution in [3.63, 3.8) is 0 Å². The number of hydrogen-bond donors (Lipinski definition) is 3. The van der Waals surface area contributed by atoms with Crippen molar-refractivity contribution < 1.29 is 9.21 Å². The van der Waals surface area contributed by atoms with Crippen LogP contribution in [-0.2, 0) is 16.8 Å². The second-order valence-corrected chi connectivity index (χ2v) is 8.61. The Balaban J connectivity index is 1.82. The van der Waals surface area contributed by atoms with E-state index in [1.54, 1.807) is 6.20 Å². The van der Waals surface area contributed by atoms with Crippen LogP contribution in [0.4, 0.5) is 0 Å². The molecule has 0 atom stereocenters. The molecule has 1 fully saturated rings. The lowest BCUT2D eigenvalue weighted by atomic mass is 9.94. The number of rotatable bonds is 8. The van der Waals surface area contributed by atoms with Crippen molar-refractivity contribution in [1.82, 2.24) is 25.8 Å². The molecule has 0 aliphatic carbocycles. The Morgan fingerprint density at radius 1 is 1.28 bits per heavy atom. The van der Waals surface area contributed by atoms with Crippen LogP contribution in [0.1, 0.15) is 65.5 Å². The molecular formula is C21H38N6O2. The highest BCUT2D eigenvalue weighted by Gasteiger charge is 2.22. The van der Waals surface area contributed by atoms with Crippen LogP contribution in [-0.4, -0.2) is 60.5 Å². The summed E-state index contributed by atoms with van der Waals surface area (Å²) in [6.07, 6.45) is 4.73. The van der Waals surface area contributed by atoms with Crippen LogP contribution >= 0.6 is 0 Å². The quantitative estimate of drug-likeness (QED) is 0.452. The van der Waals surface area contributed by atoms with Crippen LogP contribution in [0.2, 0.25) is 0 Å². The Morgan fingerprint density at radius 2 is 2.00 bits per heavy atom. The zero-order valence-corrected chi connectivity index (χ0v) is 18.7. The summed E-state index contributed by atoms with van der Waals surface area (Å²) in [7, 11) is 0. The van der Waals surface area contributed by atoms with Crippen molar-refractivity contribution in [3.05, 3.63) is 17.8 Å². The molecule has 1 amide bonds. The summed E-state index contributed by atoms with van der Waals surface area (Å²) in [5.74, 6) is 2.40. The highest BCUT2D eigenvalue weighted by molar-refractivity contribution is 5.80. The predicted molar refractivity (Wildman–Crippen MR) is 116 cm³/mol. The summed E-state index contributed by atoms with van der Waals surface area (Å²) in [5.41, 5.74) is -0.0564. The number of piperidine rings is 1. The first-order valence-corrected chi connectivity index (χ1v) is 10.8. The number of nitrogens with one attached hydrogen (secondary N) is 3. The number of likely N-dealkylation sites (tertiary alicyclic amines) is 1. The molecule has 0 radical (unpaired) electrons. The summed E-state index contributed by atoms with van der Waals surface area (Å²) in [6.45, 7) is 14.7. The zero-order chi connectivity index (χ0) is 21.3. The number of amides is 1. The van der Waals surface area contributed by atoms with E-state index >= 15 is 0 Å². The molecule has 2 heterocycles. The molecule has 1 aliphatic heterocycles. The van der Waals surface area contributed by atoms with Crippen LogP contribution in [0.5, 0.6) is 0 Å². The number of carbonyl (C=O) groups is 1. The Hall–Kier alpha value is -2.09. The average Bonchev–Trinajstić information content (AvgIpc) is 3.16. The molecule has 8 heteroatoms. The van der Waals surface area contributed by atoms with E-state index in [-0.39, 0.29) is 11.3 Å². The Labute approximate surface area is 174 Å². The summed E-state index contributed by atoms with van der Waals surface area (Å²) in [5, 5.41) is 9.75. The summed E-state index contributed by atoms with van der Waals surface area (Å²) < 4.78 is 5.83. The van der Waals surface area contributed by atoms with Gasteiger partial charge in [-0.3, -0.25) is 9.69 Å². The molecule has 1 aromatic rings. The van der Waals surface area contributed by atoms with E-state index < -0.39 is 0 Å². The SMILES string of the molecule is CCCNC(=O)CN1CCC(NC(=NCc2ncc(C(C)(C)C)o2)NCC)CC1. The molecule has 0 saturated carbocycles. The van der Waals surface area contributed by atoms with Crippen LogP contribution in [0.3, 0.4) is 0 Å². The molecule has 8 nitrogen and oxygen atoms in total. The number of nitrogens with zero attached hydrogens (tertiary/aromatic N) is 3. The molecular weight excluding hydrogens is 368 g/mol. The second-order valence-electron chi connectivity index (χ2n) is 8.61. The fraction of sp³-hybridized carbons (Fsp3) is 0.762. The van der Waals surface area contributed by atoms with E-state index in [1.165, 1.54) is 0 Å². The van der Waals surface area contributed by atoms with Gasteiger partial charge < -0.3 is 20.4 Å². The summed E-state index contributed by atoms with van der Waals surface area (Å²) >= 11 is 0.